The lowest BCUT2D eigenvalue weighted by molar-refractivity contribution is -0.137. The molecule has 0 saturated carbocycles. The van der Waals surface area contributed by atoms with Crippen LogP contribution in [0.15, 0.2) is 24.3 Å². The Morgan fingerprint density at radius 1 is 1.43 bits per heavy atom. The number of aliphatic hydroxyl groups excluding tert-OH is 1. The Balaban J connectivity index is 1.98. The fourth-order valence-corrected chi connectivity index (χ4v) is 2.46. The van der Waals surface area contributed by atoms with Crippen LogP contribution in [-0.2, 0) is 10.9 Å². The first kappa shape index (κ1) is 16.3. The maximum absolute atomic E-state index is 12.7. The number of alkyl halides is 3. The van der Waals surface area contributed by atoms with Gasteiger partial charge in [0.1, 0.15) is 0 Å². The molecule has 2 N–H and O–H groups in total. The van der Waals surface area contributed by atoms with Crippen molar-refractivity contribution >= 4 is 0 Å². The highest BCUT2D eigenvalue weighted by molar-refractivity contribution is 5.27. The fraction of sp³-hybridized carbons (Fsp3) is 0.600. The van der Waals surface area contributed by atoms with Gasteiger partial charge in [-0.1, -0.05) is 12.1 Å². The van der Waals surface area contributed by atoms with Gasteiger partial charge in [0.05, 0.1) is 18.3 Å². The molecule has 1 aromatic carbocycles. The molecule has 21 heavy (non-hydrogen) atoms. The zero-order valence-corrected chi connectivity index (χ0v) is 11.9. The number of hydrogen-bond acceptors (Lipinski definition) is 3. The Hall–Kier alpha value is -1.11. The normalized spacial score (nSPS) is 24.8. The van der Waals surface area contributed by atoms with Crippen LogP contribution in [0.25, 0.3) is 0 Å². The molecule has 0 spiro atoms. The molecule has 0 amide bonds. The second kappa shape index (κ2) is 6.34. The van der Waals surface area contributed by atoms with Gasteiger partial charge in [-0.05, 0) is 37.5 Å². The van der Waals surface area contributed by atoms with Crippen LogP contribution < -0.4 is 5.32 Å². The minimum atomic E-state index is -4.40. The third-order valence-corrected chi connectivity index (χ3v) is 3.76. The van der Waals surface area contributed by atoms with E-state index in [1.807, 2.05) is 6.92 Å². The van der Waals surface area contributed by atoms with Crippen molar-refractivity contribution in [3.8, 4) is 0 Å². The van der Waals surface area contributed by atoms with Crippen molar-refractivity contribution in [1.82, 2.24) is 5.32 Å². The molecule has 1 aliphatic rings. The Kier molecular flexibility index (Phi) is 4.91. The Labute approximate surface area is 122 Å². The summed E-state index contributed by atoms with van der Waals surface area (Å²) in [6, 6.07) is 4.81. The summed E-state index contributed by atoms with van der Waals surface area (Å²) in [4.78, 5) is 0. The predicted octanol–water partition coefficient (Wildman–Crippen LogP) is 2.90. The van der Waals surface area contributed by atoms with Crippen molar-refractivity contribution < 1.29 is 23.0 Å². The highest BCUT2D eigenvalue weighted by Gasteiger charge is 2.31. The van der Waals surface area contributed by atoms with Crippen LogP contribution in [-0.4, -0.2) is 30.4 Å². The molecule has 0 radical (unpaired) electrons. The number of hydrogen-bond donors (Lipinski definition) is 2. The maximum Gasteiger partial charge on any atom is 0.416 e. The molecule has 2 unspecified atom stereocenters. The first-order valence-corrected chi connectivity index (χ1v) is 6.98. The van der Waals surface area contributed by atoms with Gasteiger partial charge >= 0.3 is 6.18 Å². The van der Waals surface area contributed by atoms with Gasteiger partial charge in [0.15, 0.2) is 0 Å². The highest BCUT2D eigenvalue weighted by Crippen LogP contribution is 2.30. The Morgan fingerprint density at radius 2 is 2.19 bits per heavy atom. The van der Waals surface area contributed by atoms with E-state index in [1.54, 1.807) is 0 Å². The minimum absolute atomic E-state index is 0.196. The van der Waals surface area contributed by atoms with Crippen LogP contribution in [0.4, 0.5) is 13.2 Å². The number of β-amino-alcohol motifs (C(OH)–C–C–N with tert-alkyl or cyclic N) is 1. The molecular formula is C15H20F3NO2. The van der Waals surface area contributed by atoms with Crippen LogP contribution >= 0.6 is 0 Å². The van der Waals surface area contributed by atoms with E-state index in [0.29, 0.717) is 6.61 Å². The summed E-state index contributed by atoms with van der Waals surface area (Å²) in [5, 5.41) is 13.3. The van der Waals surface area contributed by atoms with Gasteiger partial charge in [-0.15, -0.1) is 0 Å². The van der Waals surface area contributed by atoms with E-state index in [9.17, 15) is 18.3 Å². The molecule has 1 saturated heterocycles. The summed E-state index contributed by atoms with van der Waals surface area (Å²) >= 11 is 0. The summed E-state index contributed by atoms with van der Waals surface area (Å²) in [7, 11) is 0. The molecule has 2 atom stereocenters. The van der Waals surface area contributed by atoms with E-state index < -0.39 is 17.8 Å². The Bertz CT molecular complexity index is 470. The van der Waals surface area contributed by atoms with E-state index in [0.717, 1.165) is 31.6 Å². The number of benzene rings is 1. The molecule has 0 aromatic heterocycles. The quantitative estimate of drug-likeness (QED) is 0.898. The minimum Gasteiger partial charge on any atom is -0.387 e. The van der Waals surface area contributed by atoms with Crippen LogP contribution in [0.5, 0.6) is 0 Å². The molecule has 1 aliphatic heterocycles. The summed E-state index contributed by atoms with van der Waals surface area (Å²) in [5.41, 5.74) is -0.718. The molecule has 2 rings (SSSR count). The largest absolute Gasteiger partial charge is 0.416 e. The van der Waals surface area contributed by atoms with Gasteiger partial charge in [0.25, 0.3) is 0 Å². The van der Waals surface area contributed by atoms with Crippen LogP contribution in [0.3, 0.4) is 0 Å². The van der Waals surface area contributed by atoms with Crippen molar-refractivity contribution in [2.75, 3.05) is 19.8 Å². The lowest BCUT2D eigenvalue weighted by atomic mass is 9.94. The van der Waals surface area contributed by atoms with E-state index in [2.05, 4.69) is 5.32 Å². The molecule has 0 aliphatic carbocycles. The van der Waals surface area contributed by atoms with Gasteiger partial charge in [-0.3, -0.25) is 0 Å². The Morgan fingerprint density at radius 3 is 2.81 bits per heavy atom. The van der Waals surface area contributed by atoms with Crippen molar-refractivity contribution in [3.05, 3.63) is 35.4 Å². The number of aliphatic hydroxyl groups is 1. The van der Waals surface area contributed by atoms with Crippen molar-refractivity contribution in [2.24, 2.45) is 0 Å². The van der Waals surface area contributed by atoms with Gasteiger partial charge in [-0.25, -0.2) is 0 Å². The number of halogens is 3. The fourth-order valence-electron chi connectivity index (χ4n) is 2.46. The molecule has 1 heterocycles. The SMILES string of the molecule is CC1(NCC(O)c2cccc(C(F)(F)F)c2)CCCOC1. The molecule has 118 valence electrons. The molecule has 3 nitrogen and oxygen atoms in total. The molecule has 0 bridgehead atoms. The topological polar surface area (TPSA) is 41.5 Å². The smallest absolute Gasteiger partial charge is 0.387 e. The summed E-state index contributed by atoms with van der Waals surface area (Å²) < 4.78 is 43.4. The lowest BCUT2D eigenvalue weighted by Gasteiger charge is -2.35. The molecular weight excluding hydrogens is 283 g/mol. The number of rotatable bonds is 4. The highest BCUT2D eigenvalue weighted by atomic mass is 19.4. The first-order valence-electron chi connectivity index (χ1n) is 6.98. The van der Waals surface area contributed by atoms with Gasteiger partial charge in [0.2, 0.25) is 0 Å². The van der Waals surface area contributed by atoms with Crippen molar-refractivity contribution in [3.63, 3.8) is 0 Å². The monoisotopic (exact) mass is 303 g/mol. The van der Waals surface area contributed by atoms with Crippen LogP contribution in [0, 0.1) is 0 Å². The van der Waals surface area contributed by atoms with E-state index >= 15 is 0 Å². The predicted molar refractivity (Wildman–Crippen MR) is 72.9 cm³/mol. The number of ether oxygens (including phenoxy) is 1. The standard InChI is InChI=1S/C15H20F3NO2/c1-14(6-3-7-21-10-14)19-9-13(20)11-4-2-5-12(8-11)15(16,17)18/h2,4-5,8,13,19-20H,3,6-7,9-10H2,1H3. The number of nitrogens with one attached hydrogen (secondary N) is 1. The summed E-state index contributed by atoms with van der Waals surface area (Å²) in [6.45, 7) is 3.46. The van der Waals surface area contributed by atoms with E-state index in [4.69, 9.17) is 4.74 Å². The molecule has 1 aromatic rings. The molecule has 6 heteroatoms. The average molecular weight is 303 g/mol. The second-order valence-electron chi connectivity index (χ2n) is 5.74. The van der Waals surface area contributed by atoms with Gasteiger partial charge in [0, 0.05) is 18.7 Å². The third-order valence-electron chi connectivity index (χ3n) is 3.76. The van der Waals surface area contributed by atoms with Crippen molar-refractivity contribution in [1.29, 1.82) is 0 Å². The lowest BCUT2D eigenvalue weighted by Crippen LogP contribution is -2.50. The first-order chi connectivity index (χ1) is 9.80. The van der Waals surface area contributed by atoms with E-state index in [-0.39, 0.29) is 17.6 Å². The zero-order chi connectivity index (χ0) is 15.5. The second-order valence-corrected chi connectivity index (χ2v) is 5.74. The summed E-state index contributed by atoms with van der Waals surface area (Å²) in [5.74, 6) is 0. The summed E-state index contributed by atoms with van der Waals surface area (Å²) in [6.07, 6.45) is -3.52. The maximum atomic E-state index is 12.7. The van der Waals surface area contributed by atoms with Gasteiger partial charge in [-0.2, -0.15) is 13.2 Å². The van der Waals surface area contributed by atoms with Crippen molar-refractivity contribution in [2.45, 2.75) is 37.6 Å². The van der Waals surface area contributed by atoms with Crippen LogP contribution in [0.2, 0.25) is 0 Å². The van der Waals surface area contributed by atoms with Gasteiger partial charge < -0.3 is 15.2 Å². The van der Waals surface area contributed by atoms with E-state index in [1.165, 1.54) is 12.1 Å². The van der Waals surface area contributed by atoms with Crippen LogP contribution in [0.1, 0.15) is 37.0 Å². The third kappa shape index (κ3) is 4.43. The zero-order valence-electron chi connectivity index (χ0n) is 11.9. The molecule has 1 fully saturated rings. The average Bonchev–Trinajstić information content (AvgIpc) is 2.45.